The molecule has 3 aromatic rings. The van der Waals surface area contributed by atoms with E-state index in [1.165, 1.54) is 5.56 Å². The van der Waals surface area contributed by atoms with Gasteiger partial charge in [0.05, 0.1) is 11.1 Å². The Balaban J connectivity index is 1.76. The van der Waals surface area contributed by atoms with Crippen LogP contribution in [0.15, 0.2) is 42.5 Å². The van der Waals surface area contributed by atoms with E-state index in [1.807, 2.05) is 12.1 Å². The molecule has 0 amide bonds. The third-order valence-electron chi connectivity index (χ3n) is 5.12. The van der Waals surface area contributed by atoms with Crippen LogP contribution >= 0.6 is 0 Å². The second kappa shape index (κ2) is 8.54. The van der Waals surface area contributed by atoms with Crippen LogP contribution in [0.1, 0.15) is 18.4 Å². The smallest absolute Gasteiger partial charge is 0.165 e. The Hall–Kier alpha value is -2.70. The van der Waals surface area contributed by atoms with Gasteiger partial charge in [0, 0.05) is 31.7 Å². The van der Waals surface area contributed by atoms with Gasteiger partial charge >= 0.3 is 0 Å². The highest BCUT2D eigenvalue weighted by atomic mass is 16.5. The second-order valence-electron chi connectivity index (χ2n) is 7.19. The van der Waals surface area contributed by atoms with E-state index in [9.17, 15) is 5.11 Å². The zero-order chi connectivity index (χ0) is 19.3. The molecule has 6 nitrogen and oxygen atoms in total. The first-order chi connectivity index (χ1) is 13.7. The van der Waals surface area contributed by atoms with E-state index < -0.39 is 0 Å². The summed E-state index contributed by atoms with van der Waals surface area (Å²) in [6, 6.07) is 13.9. The quantitative estimate of drug-likeness (QED) is 0.547. The van der Waals surface area contributed by atoms with Gasteiger partial charge in [0.2, 0.25) is 0 Å². The minimum atomic E-state index is 0.187. The van der Waals surface area contributed by atoms with Crippen LogP contribution in [0.2, 0.25) is 0 Å². The topological polar surface area (TPSA) is 79.3 Å². The lowest BCUT2D eigenvalue weighted by Crippen LogP contribution is -2.23. The lowest BCUT2D eigenvalue weighted by atomic mass is 10.1. The summed E-state index contributed by atoms with van der Waals surface area (Å²) in [4.78, 5) is 9.54. The summed E-state index contributed by atoms with van der Waals surface area (Å²) >= 11 is 0. The maximum atomic E-state index is 10.3. The highest BCUT2D eigenvalue weighted by Gasteiger charge is 2.18. The molecule has 0 radical (unpaired) electrons. The molecule has 146 valence electrons. The highest BCUT2D eigenvalue weighted by molar-refractivity contribution is 5.91. The molecule has 2 heterocycles. The molecule has 1 aliphatic heterocycles. The molecule has 0 aliphatic carbocycles. The highest BCUT2D eigenvalue weighted by Crippen LogP contribution is 2.31. The van der Waals surface area contributed by atoms with Crippen LogP contribution in [0.25, 0.3) is 22.3 Å². The van der Waals surface area contributed by atoms with Crippen molar-refractivity contribution in [2.75, 3.05) is 32.1 Å². The van der Waals surface area contributed by atoms with E-state index >= 15 is 0 Å². The number of ether oxygens (including phenoxy) is 1. The van der Waals surface area contributed by atoms with Crippen molar-refractivity contribution in [1.29, 1.82) is 0 Å². The number of fused-ring (bicyclic) bond motifs is 1. The van der Waals surface area contributed by atoms with Gasteiger partial charge in [-0.1, -0.05) is 18.2 Å². The summed E-state index contributed by atoms with van der Waals surface area (Å²) in [5, 5.41) is 18.2. The summed E-state index contributed by atoms with van der Waals surface area (Å²) in [5.41, 5.74) is 2.75. The van der Waals surface area contributed by atoms with Crippen LogP contribution in [0, 0.1) is 0 Å². The van der Waals surface area contributed by atoms with Gasteiger partial charge in [-0.25, -0.2) is 9.97 Å². The van der Waals surface area contributed by atoms with Crippen molar-refractivity contribution in [3.05, 3.63) is 48.0 Å². The lowest BCUT2D eigenvalue weighted by Gasteiger charge is -2.16. The standard InChI is InChI=1S/C22H26N4O2/c1-28-12-4-5-15-8-9-17-19(13-15)25-22(18-6-2-3-7-20(18)27)26-21(17)24-16-10-11-23-14-16/h2-3,6-9,13,16,23,27H,4-5,10-12,14H2,1H3,(H,24,25,26). The molecule has 1 atom stereocenters. The summed E-state index contributed by atoms with van der Waals surface area (Å²) in [5.74, 6) is 1.54. The predicted molar refractivity (Wildman–Crippen MR) is 112 cm³/mol. The van der Waals surface area contributed by atoms with Gasteiger partial charge < -0.3 is 20.5 Å². The number of anilines is 1. The SMILES string of the molecule is COCCCc1ccc2c(NC3CCNC3)nc(-c3ccccc3O)nc2c1. The van der Waals surface area contributed by atoms with Crippen molar-refractivity contribution in [2.45, 2.75) is 25.3 Å². The van der Waals surface area contributed by atoms with Crippen LogP contribution in [-0.2, 0) is 11.2 Å². The number of aryl methyl sites for hydroxylation is 1. The molecule has 1 aliphatic rings. The number of hydrogen-bond donors (Lipinski definition) is 3. The first-order valence-corrected chi connectivity index (χ1v) is 9.80. The number of methoxy groups -OCH3 is 1. The molecule has 6 heteroatoms. The normalized spacial score (nSPS) is 16.5. The Kier molecular flexibility index (Phi) is 5.69. The van der Waals surface area contributed by atoms with Crippen molar-refractivity contribution in [1.82, 2.24) is 15.3 Å². The number of hydrogen-bond acceptors (Lipinski definition) is 6. The molecule has 0 bridgehead atoms. The van der Waals surface area contributed by atoms with Crippen molar-refractivity contribution in [3.8, 4) is 17.1 Å². The summed E-state index contributed by atoms with van der Waals surface area (Å²) in [6.45, 7) is 2.68. The molecule has 0 saturated carbocycles. The maximum Gasteiger partial charge on any atom is 0.165 e. The minimum absolute atomic E-state index is 0.187. The van der Waals surface area contributed by atoms with Gasteiger partial charge in [-0.15, -0.1) is 0 Å². The number of phenols is 1. The zero-order valence-electron chi connectivity index (χ0n) is 16.1. The largest absolute Gasteiger partial charge is 0.507 e. The van der Waals surface area contributed by atoms with Crippen LogP contribution < -0.4 is 10.6 Å². The van der Waals surface area contributed by atoms with E-state index in [1.54, 1.807) is 19.2 Å². The van der Waals surface area contributed by atoms with Gasteiger partial charge in [0.25, 0.3) is 0 Å². The Morgan fingerprint density at radius 3 is 2.89 bits per heavy atom. The summed E-state index contributed by atoms with van der Waals surface area (Å²) in [7, 11) is 1.72. The van der Waals surface area contributed by atoms with E-state index in [0.29, 0.717) is 17.4 Å². The first-order valence-electron chi connectivity index (χ1n) is 9.80. The van der Waals surface area contributed by atoms with Gasteiger partial charge in [-0.05, 0) is 55.6 Å². The number of rotatable bonds is 7. The number of aromatic hydroxyl groups is 1. The fraction of sp³-hybridized carbons (Fsp3) is 0.364. The molecule has 1 saturated heterocycles. The number of benzene rings is 2. The van der Waals surface area contributed by atoms with Crippen molar-refractivity contribution >= 4 is 16.7 Å². The van der Waals surface area contributed by atoms with Crippen molar-refractivity contribution < 1.29 is 9.84 Å². The Morgan fingerprint density at radius 2 is 2.11 bits per heavy atom. The van der Waals surface area contributed by atoms with Crippen LogP contribution in [0.5, 0.6) is 5.75 Å². The minimum Gasteiger partial charge on any atom is -0.507 e. The monoisotopic (exact) mass is 378 g/mol. The van der Waals surface area contributed by atoms with E-state index in [2.05, 4.69) is 28.8 Å². The third-order valence-corrected chi connectivity index (χ3v) is 5.12. The van der Waals surface area contributed by atoms with Gasteiger partial charge in [0.15, 0.2) is 5.82 Å². The van der Waals surface area contributed by atoms with Crippen molar-refractivity contribution in [3.63, 3.8) is 0 Å². The molecule has 1 unspecified atom stereocenters. The van der Waals surface area contributed by atoms with Crippen molar-refractivity contribution in [2.24, 2.45) is 0 Å². The fourth-order valence-electron chi connectivity index (χ4n) is 3.62. The summed E-state index contributed by atoms with van der Waals surface area (Å²) in [6.07, 6.45) is 2.97. The molecular formula is C22H26N4O2. The average molecular weight is 378 g/mol. The van der Waals surface area contributed by atoms with Gasteiger partial charge in [-0.3, -0.25) is 0 Å². The van der Waals surface area contributed by atoms with Gasteiger partial charge in [-0.2, -0.15) is 0 Å². The van der Waals surface area contributed by atoms with Crippen LogP contribution in [0.3, 0.4) is 0 Å². The Morgan fingerprint density at radius 1 is 1.21 bits per heavy atom. The molecular weight excluding hydrogens is 352 g/mol. The van der Waals surface area contributed by atoms with Gasteiger partial charge in [0.1, 0.15) is 11.6 Å². The Bertz CT molecular complexity index is 954. The fourth-order valence-corrected chi connectivity index (χ4v) is 3.62. The summed E-state index contributed by atoms with van der Waals surface area (Å²) < 4.78 is 5.17. The van der Waals surface area contributed by atoms with E-state index in [-0.39, 0.29) is 5.75 Å². The Labute approximate surface area is 165 Å². The number of aromatic nitrogens is 2. The number of nitrogens with zero attached hydrogens (tertiary/aromatic N) is 2. The number of para-hydroxylation sites is 1. The molecule has 28 heavy (non-hydrogen) atoms. The lowest BCUT2D eigenvalue weighted by molar-refractivity contribution is 0.195. The molecule has 1 fully saturated rings. The van der Waals surface area contributed by atoms with E-state index in [0.717, 1.165) is 55.7 Å². The molecule has 0 spiro atoms. The van der Waals surface area contributed by atoms with Crippen LogP contribution in [0.4, 0.5) is 5.82 Å². The molecule has 1 aromatic heterocycles. The van der Waals surface area contributed by atoms with Crippen LogP contribution in [-0.4, -0.2) is 47.9 Å². The van der Waals surface area contributed by atoms with E-state index in [4.69, 9.17) is 14.7 Å². The second-order valence-corrected chi connectivity index (χ2v) is 7.19. The number of phenolic OH excluding ortho intramolecular Hbond substituents is 1. The number of nitrogens with one attached hydrogen (secondary N) is 2. The zero-order valence-corrected chi connectivity index (χ0v) is 16.1. The average Bonchev–Trinajstić information content (AvgIpc) is 3.21. The predicted octanol–water partition coefficient (Wildman–Crippen LogP) is 3.36. The first kappa shape index (κ1) is 18.7. The maximum absolute atomic E-state index is 10.3. The molecule has 2 aromatic carbocycles. The molecule has 4 rings (SSSR count). The third kappa shape index (κ3) is 4.08. The molecule has 3 N–H and O–H groups in total.